The van der Waals surface area contributed by atoms with Gasteiger partial charge < -0.3 is 16.0 Å². The fourth-order valence-corrected chi connectivity index (χ4v) is 2.29. The number of anilines is 2. The zero-order chi connectivity index (χ0) is 14.0. The lowest BCUT2D eigenvalue weighted by atomic mass is 10.2. The summed E-state index contributed by atoms with van der Waals surface area (Å²) >= 11 is 0. The molecule has 1 aromatic carbocycles. The second kappa shape index (κ2) is 4.90. The first-order valence-corrected chi connectivity index (χ1v) is 7.10. The highest BCUT2D eigenvalue weighted by molar-refractivity contribution is 7.89. The normalized spacial score (nSPS) is 13.2. The van der Waals surface area contributed by atoms with Gasteiger partial charge in [-0.15, -0.1) is 0 Å². The van der Waals surface area contributed by atoms with Crippen LogP contribution in [0.2, 0.25) is 0 Å². The van der Waals surface area contributed by atoms with Crippen LogP contribution in [0.25, 0.3) is 0 Å². The largest absolute Gasteiger partial charge is 0.399 e. The van der Waals surface area contributed by atoms with Crippen molar-refractivity contribution in [3.8, 4) is 0 Å². The van der Waals surface area contributed by atoms with E-state index in [1.54, 1.807) is 18.5 Å². The third kappa shape index (κ3) is 3.24. The fraction of sp³-hybridized carbons (Fsp3) is 0.182. The number of imidazole rings is 1. The summed E-state index contributed by atoms with van der Waals surface area (Å²) in [5.74, 6) is 0.736. The summed E-state index contributed by atoms with van der Waals surface area (Å²) in [5.41, 5.74) is 6.55. The first kappa shape index (κ1) is 13.4. The number of nitrogen functional groups attached to an aromatic ring is 1. The number of nitrogens with two attached hydrogens (primary N) is 2. The number of nitrogens with one attached hydrogen (secondary N) is 2. The van der Waals surface area contributed by atoms with Gasteiger partial charge in [-0.25, -0.2) is 18.5 Å². The summed E-state index contributed by atoms with van der Waals surface area (Å²) < 4.78 is 22.7. The molecule has 0 amide bonds. The van der Waals surface area contributed by atoms with Gasteiger partial charge in [0.2, 0.25) is 10.0 Å². The SMILES string of the molecule is CC(Nc1cc(N)cc(S(N)(=O)=O)c1)c1ncc[nH]1. The lowest BCUT2D eigenvalue weighted by Gasteiger charge is -2.14. The van der Waals surface area contributed by atoms with Crippen LogP contribution in [0.1, 0.15) is 18.8 Å². The van der Waals surface area contributed by atoms with Crippen LogP contribution in [0.5, 0.6) is 0 Å². The van der Waals surface area contributed by atoms with Gasteiger partial charge in [0.15, 0.2) is 0 Å². The van der Waals surface area contributed by atoms with Crippen LogP contribution in [-0.2, 0) is 10.0 Å². The average Bonchev–Trinajstić information content (AvgIpc) is 2.80. The molecule has 0 radical (unpaired) electrons. The molecule has 0 spiro atoms. The number of H-pyrrole nitrogens is 1. The number of aromatic nitrogens is 2. The zero-order valence-corrected chi connectivity index (χ0v) is 11.1. The fourth-order valence-electron chi connectivity index (χ4n) is 1.70. The monoisotopic (exact) mass is 281 g/mol. The molecule has 1 heterocycles. The molecular formula is C11H15N5O2S. The second-order valence-electron chi connectivity index (χ2n) is 4.18. The number of rotatable bonds is 4. The van der Waals surface area contributed by atoms with E-state index in [4.69, 9.17) is 10.9 Å². The number of nitrogens with zero attached hydrogens (tertiary/aromatic N) is 1. The molecule has 1 unspecified atom stereocenters. The predicted molar refractivity (Wildman–Crippen MR) is 72.9 cm³/mol. The molecule has 19 heavy (non-hydrogen) atoms. The molecule has 2 aromatic rings. The smallest absolute Gasteiger partial charge is 0.238 e. The predicted octanol–water partition coefficient (Wildman–Crippen LogP) is 0.812. The molecule has 2 rings (SSSR count). The molecular weight excluding hydrogens is 266 g/mol. The van der Waals surface area contributed by atoms with Crippen LogP contribution in [0.15, 0.2) is 35.5 Å². The highest BCUT2D eigenvalue weighted by Crippen LogP contribution is 2.22. The molecule has 0 saturated heterocycles. The van der Waals surface area contributed by atoms with Crippen LogP contribution < -0.4 is 16.2 Å². The van der Waals surface area contributed by atoms with Crippen molar-refractivity contribution in [3.05, 3.63) is 36.4 Å². The van der Waals surface area contributed by atoms with Gasteiger partial charge in [0.1, 0.15) is 5.82 Å². The maximum Gasteiger partial charge on any atom is 0.238 e. The van der Waals surface area contributed by atoms with Crippen LogP contribution in [0.4, 0.5) is 11.4 Å². The third-order valence-electron chi connectivity index (χ3n) is 2.57. The highest BCUT2D eigenvalue weighted by atomic mass is 32.2. The van der Waals surface area contributed by atoms with E-state index in [1.807, 2.05) is 6.92 Å². The molecule has 0 aliphatic heterocycles. The number of sulfonamides is 1. The van der Waals surface area contributed by atoms with Crippen molar-refractivity contribution in [2.45, 2.75) is 17.9 Å². The lowest BCUT2D eigenvalue weighted by molar-refractivity contribution is 0.598. The van der Waals surface area contributed by atoms with E-state index < -0.39 is 10.0 Å². The van der Waals surface area contributed by atoms with Crippen LogP contribution in [-0.4, -0.2) is 18.4 Å². The summed E-state index contributed by atoms with van der Waals surface area (Å²) in [6, 6.07) is 4.27. The Hall–Kier alpha value is -2.06. The van der Waals surface area contributed by atoms with Gasteiger partial charge in [-0.05, 0) is 25.1 Å². The molecule has 0 aliphatic rings. The van der Waals surface area contributed by atoms with Gasteiger partial charge in [-0.1, -0.05) is 0 Å². The van der Waals surface area contributed by atoms with E-state index in [9.17, 15) is 8.42 Å². The average molecular weight is 281 g/mol. The molecule has 0 saturated carbocycles. The van der Waals surface area contributed by atoms with E-state index in [1.165, 1.54) is 12.1 Å². The minimum Gasteiger partial charge on any atom is -0.399 e. The van der Waals surface area contributed by atoms with Gasteiger partial charge >= 0.3 is 0 Å². The molecule has 0 fully saturated rings. The Morgan fingerprint density at radius 1 is 1.37 bits per heavy atom. The second-order valence-corrected chi connectivity index (χ2v) is 5.74. The number of aromatic amines is 1. The minimum absolute atomic E-state index is 0.0263. The highest BCUT2D eigenvalue weighted by Gasteiger charge is 2.12. The number of primary sulfonamides is 1. The van der Waals surface area contributed by atoms with Gasteiger partial charge in [0.25, 0.3) is 0 Å². The molecule has 0 aliphatic carbocycles. The Morgan fingerprint density at radius 2 is 2.11 bits per heavy atom. The van der Waals surface area contributed by atoms with Crippen LogP contribution in [0.3, 0.4) is 0 Å². The van der Waals surface area contributed by atoms with Crippen molar-refractivity contribution in [2.75, 3.05) is 11.1 Å². The summed E-state index contributed by atoms with van der Waals surface area (Å²) in [6.45, 7) is 1.89. The van der Waals surface area contributed by atoms with E-state index in [-0.39, 0.29) is 10.9 Å². The zero-order valence-electron chi connectivity index (χ0n) is 10.3. The van der Waals surface area contributed by atoms with Crippen molar-refractivity contribution in [3.63, 3.8) is 0 Å². The van der Waals surface area contributed by atoms with Gasteiger partial charge in [0.05, 0.1) is 10.9 Å². The van der Waals surface area contributed by atoms with Gasteiger partial charge in [-0.2, -0.15) is 0 Å². The van der Waals surface area contributed by atoms with E-state index in [0.29, 0.717) is 11.4 Å². The molecule has 6 N–H and O–H groups in total. The van der Waals surface area contributed by atoms with Crippen molar-refractivity contribution in [2.24, 2.45) is 5.14 Å². The summed E-state index contributed by atoms with van der Waals surface area (Å²) in [5, 5.41) is 8.19. The molecule has 1 atom stereocenters. The topological polar surface area (TPSA) is 127 Å². The van der Waals surface area contributed by atoms with Crippen LogP contribution in [0, 0.1) is 0 Å². The molecule has 1 aromatic heterocycles. The van der Waals surface area contributed by atoms with E-state index in [0.717, 1.165) is 5.82 Å². The van der Waals surface area contributed by atoms with E-state index in [2.05, 4.69) is 15.3 Å². The standard InChI is InChI=1S/C11H15N5O2S/c1-7(11-14-2-3-15-11)16-9-4-8(12)5-10(6-9)19(13,17)18/h2-7,16H,12H2,1H3,(H,14,15)(H2,13,17,18). The van der Waals surface area contributed by atoms with Crippen molar-refractivity contribution in [1.29, 1.82) is 0 Å². The number of benzene rings is 1. The van der Waals surface area contributed by atoms with Gasteiger partial charge in [0, 0.05) is 23.8 Å². The minimum atomic E-state index is -3.78. The summed E-state index contributed by atoms with van der Waals surface area (Å²) in [4.78, 5) is 7.06. The summed E-state index contributed by atoms with van der Waals surface area (Å²) in [6.07, 6.45) is 3.35. The van der Waals surface area contributed by atoms with Crippen LogP contribution >= 0.6 is 0 Å². The van der Waals surface area contributed by atoms with E-state index >= 15 is 0 Å². The van der Waals surface area contributed by atoms with Gasteiger partial charge in [-0.3, -0.25) is 0 Å². The first-order chi connectivity index (χ1) is 8.86. The first-order valence-electron chi connectivity index (χ1n) is 5.55. The Balaban J connectivity index is 2.28. The maximum absolute atomic E-state index is 11.3. The lowest BCUT2D eigenvalue weighted by Crippen LogP contribution is -2.14. The molecule has 0 bridgehead atoms. The van der Waals surface area contributed by atoms with Crippen molar-refractivity contribution in [1.82, 2.24) is 9.97 Å². The Morgan fingerprint density at radius 3 is 2.68 bits per heavy atom. The quantitative estimate of drug-likeness (QED) is 0.617. The number of hydrogen-bond donors (Lipinski definition) is 4. The Labute approximate surface area is 111 Å². The summed E-state index contributed by atoms with van der Waals surface area (Å²) in [7, 11) is -3.78. The molecule has 8 heteroatoms. The third-order valence-corrected chi connectivity index (χ3v) is 3.46. The number of hydrogen-bond acceptors (Lipinski definition) is 5. The molecule has 102 valence electrons. The Bertz CT molecular complexity index is 666. The molecule has 7 nitrogen and oxygen atoms in total. The maximum atomic E-state index is 11.3. The van der Waals surface area contributed by atoms with Crippen molar-refractivity contribution < 1.29 is 8.42 Å². The Kier molecular flexibility index (Phi) is 3.45. The van der Waals surface area contributed by atoms with Crippen molar-refractivity contribution >= 4 is 21.4 Å².